The van der Waals surface area contributed by atoms with Crippen LogP contribution in [0.5, 0.6) is 0 Å². The molecule has 1 amide bonds. The van der Waals surface area contributed by atoms with Gasteiger partial charge in [0.2, 0.25) is 0 Å². The lowest BCUT2D eigenvalue weighted by molar-refractivity contribution is 0.0552. The molecular weight excluding hydrogens is 468 g/mol. The van der Waals surface area contributed by atoms with Crippen molar-refractivity contribution in [3.63, 3.8) is 0 Å². The topological polar surface area (TPSA) is 95.0 Å². The van der Waals surface area contributed by atoms with Gasteiger partial charge in [-0.2, -0.15) is 8.42 Å². The summed E-state index contributed by atoms with van der Waals surface area (Å²) in [5.41, 5.74) is 3.47. The van der Waals surface area contributed by atoms with E-state index in [2.05, 4.69) is 46.4 Å². The van der Waals surface area contributed by atoms with Crippen LogP contribution in [0.2, 0.25) is 0 Å². The number of amides is 1. The first-order valence-corrected chi connectivity index (χ1v) is 13.1. The second-order valence-corrected chi connectivity index (χ2v) is 10.9. The average Bonchev–Trinajstić information content (AvgIpc) is 2.76. The standard InChI is InChI=1S/C26H32N2O6S/c1-19-6-8-20(9-7-19)21-10-12-23-22(18-21)11-13-24(27-23)28(25(29)34-26(2,3)4)14-15-32-16-17-33-35(5,30)31/h6-13,18H,14-17H2,1-5H3. The minimum atomic E-state index is -3.52. The smallest absolute Gasteiger partial charge is 0.416 e. The van der Waals surface area contributed by atoms with E-state index >= 15 is 0 Å². The van der Waals surface area contributed by atoms with Crippen LogP contribution in [0, 0.1) is 6.92 Å². The molecule has 0 saturated heterocycles. The monoisotopic (exact) mass is 500 g/mol. The van der Waals surface area contributed by atoms with Gasteiger partial charge in [0.05, 0.1) is 38.1 Å². The summed E-state index contributed by atoms with van der Waals surface area (Å²) in [6.07, 6.45) is 0.434. The molecule has 3 aromatic rings. The highest BCUT2D eigenvalue weighted by Crippen LogP contribution is 2.26. The molecule has 2 aromatic carbocycles. The van der Waals surface area contributed by atoms with Gasteiger partial charge in [-0.3, -0.25) is 9.08 Å². The van der Waals surface area contributed by atoms with Crippen molar-refractivity contribution in [3.8, 4) is 11.1 Å². The van der Waals surface area contributed by atoms with Gasteiger partial charge in [0.15, 0.2) is 0 Å². The Morgan fingerprint density at radius 1 is 0.943 bits per heavy atom. The van der Waals surface area contributed by atoms with Crippen LogP contribution in [0.15, 0.2) is 54.6 Å². The molecule has 0 atom stereocenters. The van der Waals surface area contributed by atoms with E-state index in [0.717, 1.165) is 28.3 Å². The normalized spacial score (nSPS) is 12.0. The first-order valence-electron chi connectivity index (χ1n) is 11.3. The van der Waals surface area contributed by atoms with Crippen LogP contribution in [-0.4, -0.2) is 57.7 Å². The van der Waals surface area contributed by atoms with Crippen LogP contribution in [-0.2, 0) is 23.8 Å². The molecular formula is C26H32N2O6S. The number of pyridine rings is 1. The van der Waals surface area contributed by atoms with Crippen molar-refractivity contribution >= 4 is 32.9 Å². The average molecular weight is 501 g/mol. The van der Waals surface area contributed by atoms with Gasteiger partial charge >= 0.3 is 6.09 Å². The molecule has 9 heteroatoms. The summed E-state index contributed by atoms with van der Waals surface area (Å²) in [6, 6.07) is 18.0. The van der Waals surface area contributed by atoms with Gasteiger partial charge < -0.3 is 9.47 Å². The molecule has 0 fully saturated rings. The highest BCUT2D eigenvalue weighted by atomic mass is 32.2. The fourth-order valence-corrected chi connectivity index (χ4v) is 3.68. The SMILES string of the molecule is Cc1ccc(-c2ccc3nc(N(CCOCCOS(C)(=O)=O)C(=O)OC(C)(C)C)ccc3c2)cc1. The van der Waals surface area contributed by atoms with Crippen LogP contribution in [0.4, 0.5) is 10.6 Å². The predicted octanol–water partition coefficient (Wildman–Crippen LogP) is 4.94. The van der Waals surface area contributed by atoms with E-state index in [1.165, 1.54) is 10.5 Å². The number of nitrogens with zero attached hydrogens (tertiary/aromatic N) is 2. The molecule has 0 radical (unpaired) electrons. The predicted molar refractivity (Wildman–Crippen MR) is 137 cm³/mol. The third-order valence-corrected chi connectivity index (χ3v) is 5.53. The fourth-order valence-electron chi connectivity index (χ4n) is 3.31. The number of carbonyl (C=O) groups excluding carboxylic acids is 1. The zero-order valence-electron chi connectivity index (χ0n) is 20.8. The highest BCUT2D eigenvalue weighted by Gasteiger charge is 2.24. The van der Waals surface area contributed by atoms with E-state index in [9.17, 15) is 13.2 Å². The molecule has 35 heavy (non-hydrogen) atoms. The molecule has 3 rings (SSSR count). The summed E-state index contributed by atoms with van der Waals surface area (Å²) < 4.78 is 37.8. The number of aryl methyl sites for hydroxylation is 1. The Morgan fingerprint density at radius 2 is 1.63 bits per heavy atom. The number of benzene rings is 2. The Balaban J connectivity index is 1.77. The van der Waals surface area contributed by atoms with Crippen molar-refractivity contribution in [2.75, 3.05) is 37.5 Å². The summed E-state index contributed by atoms with van der Waals surface area (Å²) in [5, 5.41) is 0.949. The van der Waals surface area contributed by atoms with E-state index in [1.807, 2.05) is 18.2 Å². The minimum Gasteiger partial charge on any atom is -0.443 e. The Hall–Kier alpha value is -3.01. The number of hydrogen-bond acceptors (Lipinski definition) is 7. The van der Waals surface area contributed by atoms with Crippen molar-refractivity contribution in [2.24, 2.45) is 0 Å². The molecule has 0 spiro atoms. The van der Waals surface area contributed by atoms with Crippen molar-refractivity contribution in [3.05, 3.63) is 60.2 Å². The number of ether oxygens (including phenoxy) is 2. The molecule has 1 heterocycles. The molecule has 0 aliphatic heterocycles. The number of fused-ring (bicyclic) bond motifs is 1. The van der Waals surface area contributed by atoms with Crippen molar-refractivity contribution in [2.45, 2.75) is 33.3 Å². The highest BCUT2D eigenvalue weighted by molar-refractivity contribution is 7.85. The number of carbonyl (C=O) groups is 1. The molecule has 0 saturated carbocycles. The fraction of sp³-hybridized carbons (Fsp3) is 0.385. The lowest BCUT2D eigenvalue weighted by atomic mass is 10.0. The molecule has 1 aromatic heterocycles. The van der Waals surface area contributed by atoms with Gasteiger partial charge in [0.1, 0.15) is 11.4 Å². The summed E-state index contributed by atoms with van der Waals surface area (Å²) >= 11 is 0. The Kier molecular flexibility index (Phi) is 8.47. The molecule has 8 nitrogen and oxygen atoms in total. The first kappa shape index (κ1) is 26.6. The summed E-state index contributed by atoms with van der Waals surface area (Å²) in [6.45, 7) is 7.74. The van der Waals surface area contributed by atoms with E-state index in [4.69, 9.17) is 9.47 Å². The largest absolute Gasteiger partial charge is 0.443 e. The lowest BCUT2D eigenvalue weighted by Crippen LogP contribution is -2.39. The molecule has 0 unspecified atom stereocenters. The van der Waals surface area contributed by atoms with Gasteiger partial charge in [-0.15, -0.1) is 0 Å². The van der Waals surface area contributed by atoms with E-state index < -0.39 is 21.8 Å². The Morgan fingerprint density at radius 3 is 2.29 bits per heavy atom. The second kappa shape index (κ2) is 11.2. The van der Waals surface area contributed by atoms with Gasteiger partial charge in [-0.1, -0.05) is 35.9 Å². The maximum atomic E-state index is 12.9. The second-order valence-electron chi connectivity index (χ2n) is 9.21. The zero-order chi connectivity index (χ0) is 25.6. The maximum Gasteiger partial charge on any atom is 0.416 e. The third-order valence-electron chi connectivity index (χ3n) is 4.93. The molecule has 0 bridgehead atoms. The van der Waals surface area contributed by atoms with Crippen molar-refractivity contribution < 1.29 is 26.9 Å². The van der Waals surface area contributed by atoms with Gasteiger partial charge in [0.25, 0.3) is 10.1 Å². The van der Waals surface area contributed by atoms with Gasteiger partial charge in [-0.25, -0.2) is 9.78 Å². The summed E-state index contributed by atoms with van der Waals surface area (Å²) in [5.74, 6) is 0.436. The van der Waals surface area contributed by atoms with Crippen LogP contribution in [0.3, 0.4) is 0 Å². The van der Waals surface area contributed by atoms with Crippen LogP contribution < -0.4 is 4.90 Å². The molecule has 0 N–H and O–H groups in total. The lowest BCUT2D eigenvalue weighted by Gasteiger charge is -2.27. The maximum absolute atomic E-state index is 12.9. The minimum absolute atomic E-state index is 0.0716. The zero-order valence-corrected chi connectivity index (χ0v) is 21.6. The Labute approximate surface area is 207 Å². The van der Waals surface area contributed by atoms with Crippen LogP contribution in [0.1, 0.15) is 26.3 Å². The number of aromatic nitrogens is 1. The summed E-state index contributed by atoms with van der Waals surface area (Å²) in [7, 11) is -3.52. The number of anilines is 1. The molecule has 0 aliphatic carbocycles. The number of hydrogen-bond donors (Lipinski definition) is 0. The van der Waals surface area contributed by atoms with E-state index in [0.29, 0.717) is 5.82 Å². The quantitative estimate of drug-likeness (QED) is 0.303. The van der Waals surface area contributed by atoms with Gasteiger partial charge in [-0.05, 0) is 63.1 Å². The first-order chi connectivity index (χ1) is 16.4. The van der Waals surface area contributed by atoms with Crippen LogP contribution >= 0.6 is 0 Å². The Bertz CT molecular complexity index is 1270. The van der Waals surface area contributed by atoms with Crippen LogP contribution in [0.25, 0.3) is 22.0 Å². The number of rotatable bonds is 9. The van der Waals surface area contributed by atoms with Gasteiger partial charge in [0, 0.05) is 5.39 Å². The van der Waals surface area contributed by atoms with E-state index in [-0.39, 0.29) is 26.4 Å². The van der Waals surface area contributed by atoms with Crippen molar-refractivity contribution in [1.29, 1.82) is 0 Å². The van der Waals surface area contributed by atoms with Crippen molar-refractivity contribution in [1.82, 2.24) is 4.98 Å². The van der Waals surface area contributed by atoms with E-state index in [1.54, 1.807) is 26.8 Å². The summed E-state index contributed by atoms with van der Waals surface area (Å²) in [4.78, 5) is 19.0. The molecule has 188 valence electrons. The third kappa shape index (κ3) is 8.31. The molecule has 0 aliphatic rings.